The van der Waals surface area contributed by atoms with E-state index in [-0.39, 0.29) is 24.1 Å². The molecule has 1 aromatic carbocycles. The number of benzene rings is 1. The lowest BCUT2D eigenvalue weighted by atomic mass is 10.1. The van der Waals surface area contributed by atoms with Gasteiger partial charge in [-0.3, -0.25) is 4.79 Å². The Bertz CT molecular complexity index is 629. The van der Waals surface area contributed by atoms with E-state index in [4.69, 9.17) is 0 Å². The molecule has 118 valence electrons. The lowest BCUT2D eigenvalue weighted by Crippen LogP contribution is -2.28. The summed E-state index contributed by atoms with van der Waals surface area (Å²) in [5.41, 5.74) is 1.55. The van der Waals surface area contributed by atoms with Crippen LogP contribution in [0, 0.1) is 6.92 Å². The molecule has 22 heavy (non-hydrogen) atoms. The zero-order valence-electron chi connectivity index (χ0n) is 12.2. The average molecular weight is 326 g/mol. The maximum Gasteiger partial charge on any atom is 0.387 e. The number of amides is 1. The van der Waals surface area contributed by atoms with Gasteiger partial charge >= 0.3 is 6.61 Å². The van der Waals surface area contributed by atoms with Crippen molar-refractivity contribution < 1.29 is 18.3 Å². The molecule has 0 aliphatic heterocycles. The molecular weight excluding hydrogens is 310 g/mol. The van der Waals surface area contributed by atoms with Gasteiger partial charge in [-0.25, -0.2) is 4.98 Å². The van der Waals surface area contributed by atoms with Crippen molar-refractivity contribution >= 4 is 17.2 Å². The van der Waals surface area contributed by atoms with Crippen LogP contribution in [0.3, 0.4) is 0 Å². The summed E-state index contributed by atoms with van der Waals surface area (Å²) in [5, 5.41) is 5.63. The van der Waals surface area contributed by atoms with E-state index in [9.17, 15) is 13.6 Å². The first-order valence-electron chi connectivity index (χ1n) is 6.69. The molecule has 2 aromatic rings. The first kappa shape index (κ1) is 16.4. The van der Waals surface area contributed by atoms with Gasteiger partial charge in [-0.15, -0.1) is 11.3 Å². The molecule has 1 atom stereocenters. The predicted molar refractivity (Wildman–Crippen MR) is 80.2 cm³/mol. The van der Waals surface area contributed by atoms with Crippen molar-refractivity contribution in [2.24, 2.45) is 0 Å². The number of carbonyl (C=O) groups excluding carboxylic acids is 1. The number of halogens is 2. The normalized spacial score (nSPS) is 12.2. The molecule has 0 aliphatic carbocycles. The van der Waals surface area contributed by atoms with Gasteiger partial charge in [-0.05, 0) is 31.5 Å². The number of ether oxygens (including phenoxy) is 1. The van der Waals surface area contributed by atoms with Crippen LogP contribution in [0.2, 0.25) is 0 Å². The van der Waals surface area contributed by atoms with Gasteiger partial charge in [0.1, 0.15) is 5.75 Å². The Morgan fingerprint density at radius 1 is 1.36 bits per heavy atom. The number of hydrogen-bond donors (Lipinski definition) is 1. The Balaban J connectivity index is 1.90. The van der Waals surface area contributed by atoms with Crippen molar-refractivity contribution in [2.75, 3.05) is 0 Å². The first-order valence-corrected chi connectivity index (χ1v) is 7.57. The molecule has 0 radical (unpaired) electrons. The van der Waals surface area contributed by atoms with Gasteiger partial charge in [0.2, 0.25) is 5.91 Å². The lowest BCUT2D eigenvalue weighted by Gasteiger charge is -2.14. The summed E-state index contributed by atoms with van der Waals surface area (Å²) in [4.78, 5) is 16.2. The number of rotatable bonds is 6. The average Bonchev–Trinajstić information content (AvgIpc) is 2.83. The standard InChI is InChI=1S/C15H16F2N2O2S/c1-9(11-3-5-13(6-4-11)21-15(16)17)18-14(20)7-12-8-22-10(2)19-12/h3-6,8-9,15H,7H2,1-2H3,(H,18,20). The van der Waals surface area contributed by atoms with Gasteiger partial charge in [-0.1, -0.05) is 12.1 Å². The minimum atomic E-state index is -2.84. The van der Waals surface area contributed by atoms with Crippen LogP contribution < -0.4 is 10.1 Å². The second-order valence-corrected chi connectivity index (χ2v) is 5.83. The van der Waals surface area contributed by atoms with E-state index < -0.39 is 6.61 Å². The molecule has 1 aromatic heterocycles. The van der Waals surface area contributed by atoms with Crippen LogP contribution in [-0.4, -0.2) is 17.5 Å². The highest BCUT2D eigenvalue weighted by atomic mass is 32.1. The fourth-order valence-electron chi connectivity index (χ4n) is 1.97. The summed E-state index contributed by atoms with van der Waals surface area (Å²) >= 11 is 1.50. The highest BCUT2D eigenvalue weighted by Crippen LogP contribution is 2.19. The molecule has 0 aliphatic rings. The molecular formula is C15H16F2N2O2S. The molecule has 0 bridgehead atoms. The Hall–Kier alpha value is -2.02. The van der Waals surface area contributed by atoms with Gasteiger partial charge in [0, 0.05) is 5.38 Å². The number of thiazole rings is 1. The molecule has 0 saturated heterocycles. The molecule has 1 heterocycles. The van der Waals surface area contributed by atoms with E-state index in [1.54, 1.807) is 12.1 Å². The third-order valence-corrected chi connectivity index (χ3v) is 3.81. The molecule has 1 N–H and O–H groups in total. The smallest absolute Gasteiger partial charge is 0.387 e. The van der Waals surface area contributed by atoms with E-state index in [1.165, 1.54) is 23.5 Å². The largest absolute Gasteiger partial charge is 0.435 e. The maximum atomic E-state index is 12.1. The van der Waals surface area contributed by atoms with Crippen LogP contribution in [-0.2, 0) is 11.2 Å². The van der Waals surface area contributed by atoms with Crippen molar-refractivity contribution in [1.82, 2.24) is 10.3 Å². The highest BCUT2D eigenvalue weighted by Gasteiger charge is 2.12. The van der Waals surface area contributed by atoms with Gasteiger partial charge in [0.15, 0.2) is 0 Å². The number of carbonyl (C=O) groups is 1. The number of nitrogens with zero attached hydrogens (tertiary/aromatic N) is 1. The SMILES string of the molecule is Cc1nc(CC(=O)NC(C)c2ccc(OC(F)F)cc2)cs1. The van der Waals surface area contributed by atoms with Crippen molar-refractivity contribution in [3.05, 3.63) is 45.9 Å². The summed E-state index contributed by atoms with van der Waals surface area (Å²) < 4.78 is 28.4. The number of aryl methyl sites for hydroxylation is 1. The third kappa shape index (κ3) is 4.77. The summed E-state index contributed by atoms with van der Waals surface area (Å²) in [6.07, 6.45) is 0.223. The lowest BCUT2D eigenvalue weighted by molar-refractivity contribution is -0.121. The molecule has 1 amide bonds. The van der Waals surface area contributed by atoms with Crippen molar-refractivity contribution in [3.8, 4) is 5.75 Å². The molecule has 7 heteroatoms. The van der Waals surface area contributed by atoms with Crippen LogP contribution in [0.5, 0.6) is 5.75 Å². The van der Waals surface area contributed by atoms with Crippen molar-refractivity contribution in [2.45, 2.75) is 32.9 Å². The number of hydrogen-bond acceptors (Lipinski definition) is 4. The minimum Gasteiger partial charge on any atom is -0.435 e. The van der Waals surface area contributed by atoms with Crippen molar-refractivity contribution in [3.63, 3.8) is 0 Å². The molecule has 2 rings (SSSR count). The van der Waals surface area contributed by atoms with Gasteiger partial charge in [0.25, 0.3) is 0 Å². The van der Waals surface area contributed by atoms with Gasteiger partial charge in [-0.2, -0.15) is 8.78 Å². The Kier molecular flexibility index (Phi) is 5.43. The second kappa shape index (κ2) is 7.31. The van der Waals surface area contributed by atoms with Crippen LogP contribution in [0.1, 0.15) is 29.2 Å². The first-order chi connectivity index (χ1) is 10.4. The highest BCUT2D eigenvalue weighted by molar-refractivity contribution is 7.09. The molecule has 1 unspecified atom stereocenters. The van der Waals surface area contributed by atoms with Gasteiger partial charge in [0.05, 0.1) is 23.2 Å². The molecule has 4 nitrogen and oxygen atoms in total. The number of nitrogens with one attached hydrogen (secondary N) is 1. The van der Waals surface area contributed by atoms with Crippen LogP contribution in [0.15, 0.2) is 29.6 Å². The monoisotopic (exact) mass is 326 g/mol. The number of aromatic nitrogens is 1. The predicted octanol–water partition coefficient (Wildman–Crippen LogP) is 3.47. The summed E-state index contributed by atoms with van der Waals surface area (Å²) in [5.74, 6) is -0.0408. The molecule has 0 fully saturated rings. The van der Waals surface area contributed by atoms with E-state index >= 15 is 0 Å². The number of alkyl halides is 2. The maximum absolute atomic E-state index is 12.1. The Morgan fingerprint density at radius 2 is 2.05 bits per heavy atom. The topological polar surface area (TPSA) is 51.2 Å². The molecule has 0 spiro atoms. The van der Waals surface area contributed by atoms with Crippen LogP contribution in [0.4, 0.5) is 8.78 Å². The Morgan fingerprint density at radius 3 is 2.59 bits per heavy atom. The zero-order chi connectivity index (χ0) is 16.1. The van der Waals surface area contributed by atoms with E-state index in [0.29, 0.717) is 0 Å². The third-order valence-electron chi connectivity index (χ3n) is 2.99. The quantitative estimate of drug-likeness (QED) is 0.884. The van der Waals surface area contributed by atoms with Crippen molar-refractivity contribution in [1.29, 1.82) is 0 Å². The second-order valence-electron chi connectivity index (χ2n) is 4.77. The van der Waals surface area contributed by atoms with Crippen LogP contribution in [0.25, 0.3) is 0 Å². The fourth-order valence-corrected chi connectivity index (χ4v) is 2.58. The van der Waals surface area contributed by atoms with E-state index in [2.05, 4.69) is 15.0 Å². The molecule has 0 saturated carbocycles. The zero-order valence-corrected chi connectivity index (χ0v) is 13.0. The fraction of sp³-hybridized carbons (Fsp3) is 0.333. The summed E-state index contributed by atoms with van der Waals surface area (Å²) in [6, 6.07) is 5.97. The summed E-state index contributed by atoms with van der Waals surface area (Å²) in [6.45, 7) is 0.870. The minimum absolute atomic E-state index is 0.0928. The Labute approximate surface area is 131 Å². The van der Waals surface area contributed by atoms with E-state index in [0.717, 1.165) is 16.3 Å². The van der Waals surface area contributed by atoms with E-state index in [1.807, 2.05) is 19.2 Å². The van der Waals surface area contributed by atoms with Crippen LogP contribution >= 0.6 is 11.3 Å². The summed E-state index contributed by atoms with van der Waals surface area (Å²) in [7, 11) is 0. The van der Waals surface area contributed by atoms with Gasteiger partial charge < -0.3 is 10.1 Å².